The molecule has 1 aliphatic rings. The van der Waals surface area contributed by atoms with Crippen LogP contribution in [-0.4, -0.2) is 46.7 Å². The number of hydrogen-bond acceptors (Lipinski definition) is 4. The van der Waals surface area contributed by atoms with Gasteiger partial charge in [-0.15, -0.1) is 11.8 Å². The summed E-state index contributed by atoms with van der Waals surface area (Å²) in [4.78, 5) is 39.3. The number of likely N-dealkylation sites (tertiary alicyclic amines) is 1. The zero-order valence-electron chi connectivity index (χ0n) is 16.3. The van der Waals surface area contributed by atoms with E-state index in [0.29, 0.717) is 25.6 Å². The number of thioether (sulfide) groups is 1. The summed E-state index contributed by atoms with van der Waals surface area (Å²) >= 11 is 1.37. The van der Waals surface area contributed by atoms with Gasteiger partial charge < -0.3 is 14.8 Å². The van der Waals surface area contributed by atoms with E-state index in [2.05, 4.69) is 5.32 Å². The van der Waals surface area contributed by atoms with Crippen molar-refractivity contribution in [2.24, 2.45) is 13.0 Å². The fourth-order valence-corrected chi connectivity index (χ4v) is 3.99. The molecule has 154 valence electrons. The Morgan fingerprint density at radius 2 is 1.86 bits per heavy atom. The maximum Gasteiger partial charge on any atom is 0.263 e. The zero-order valence-corrected chi connectivity index (χ0v) is 17.1. The second kappa shape index (κ2) is 9.73. The SMILES string of the molecule is Cn1cccc(C(=O)N2CCC(CNC(=O)CSc3ccc(F)cc3)CC2)c1=O. The van der Waals surface area contributed by atoms with Crippen LogP contribution in [0.2, 0.25) is 0 Å². The van der Waals surface area contributed by atoms with Gasteiger partial charge in [0.25, 0.3) is 11.5 Å². The average Bonchev–Trinajstić information content (AvgIpc) is 2.73. The predicted molar refractivity (Wildman–Crippen MR) is 110 cm³/mol. The van der Waals surface area contributed by atoms with Crippen LogP contribution in [0.25, 0.3) is 0 Å². The number of amides is 2. The molecule has 1 aromatic carbocycles. The number of halogens is 1. The first-order valence-corrected chi connectivity index (χ1v) is 10.5. The molecule has 29 heavy (non-hydrogen) atoms. The van der Waals surface area contributed by atoms with Crippen molar-refractivity contribution in [2.75, 3.05) is 25.4 Å². The Labute approximate surface area is 173 Å². The molecular formula is C21H24FN3O3S. The molecule has 2 amide bonds. The van der Waals surface area contributed by atoms with Gasteiger partial charge in [-0.25, -0.2) is 4.39 Å². The Morgan fingerprint density at radius 3 is 2.55 bits per heavy atom. The van der Waals surface area contributed by atoms with Crippen molar-refractivity contribution in [1.29, 1.82) is 0 Å². The predicted octanol–water partition coefficient (Wildman–Crippen LogP) is 2.29. The van der Waals surface area contributed by atoms with E-state index in [0.717, 1.165) is 17.7 Å². The molecule has 0 bridgehead atoms. The normalized spacial score (nSPS) is 14.6. The molecule has 8 heteroatoms. The topological polar surface area (TPSA) is 71.4 Å². The Hall–Kier alpha value is -2.61. The molecule has 2 aromatic rings. The number of nitrogens with zero attached hydrogens (tertiary/aromatic N) is 2. The molecule has 6 nitrogen and oxygen atoms in total. The van der Waals surface area contributed by atoms with Gasteiger partial charge in [-0.2, -0.15) is 0 Å². The highest BCUT2D eigenvalue weighted by molar-refractivity contribution is 8.00. The maximum atomic E-state index is 12.9. The molecule has 2 heterocycles. The molecule has 1 aromatic heterocycles. The summed E-state index contributed by atoms with van der Waals surface area (Å²) in [6, 6.07) is 9.32. The van der Waals surface area contributed by atoms with Crippen LogP contribution in [0, 0.1) is 11.7 Å². The molecule has 0 unspecified atom stereocenters. The van der Waals surface area contributed by atoms with Gasteiger partial charge in [-0.3, -0.25) is 14.4 Å². The minimum absolute atomic E-state index is 0.0642. The lowest BCUT2D eigenvalue weighted by molar-refractivity contribution is -0.118. The highest BCUT2D eigenvalue weighted by Crippen LogP contribution is 2.19. The minimum atomic E-state index is -0.295. The second-order valence-corrected chi connectivity index (χ2v) is 8.17. The number of piperidine rings is 1. The van der Waals surface area contributed by atoms with Gasteiger partial charge in [0.05, 0.1) is 5.75 Å². The summed E-state index contributed by atoms with van der Waals surface area (Å²) < 4.78 is 14.3. The fourth-order valence-electron chi connectivity index (χ4n) is 3.26. The summed E-state index contributed by atoms with van der Waals surface area (Å²) in [5, 5.41) is 2.94. The Bertz CT molecular complexity index is 922. The monoisotopic (exact) mass is 417 g/mol. The quantitative estimate of drug-likeness (QED) is 0.732. The number of benzene rings is 1. The van der Waals surface area contributed by atoms with E-state index in [1.54, 1.807) is 42.4 Å². The smallest absolute Gasteiger partial charge is 0.263 e. The van der Waals surface area contributed by atoms with Gasteiger partial charge in [0.1, 0.15) is 11.4 Å². The molecule has 1 fully saturated rings. The Morgan fingerprint density at radius 1 is 1.17 bits per heavy atom. The van der Waals surface area contributed by atoms with E-state index in [1.165, 1.54) is 28.5 Å². The third-order valence-electron chi connectivity index (χ3n) is 5.03. The first-order valence-electron chi connectivity index (χ1n) is 9.54. The van der Waals surface area contributed by atoms with Crippen LogP contribution in [0.3, 0.4) is 0 Å². The van der Waals surface area contributed by atoms with Crippen molar-refractivity contribution in [2.45, 2.75) is 17.7 Å². The largest absolute Gasteiger partial charge is 0.355 e. The lowest BCUT2D eigenvalue weighted by Gasteiger charge is -2.32. The van der Waals surface area contributed by atoms with Crippen LogP contribution in [0.5, 0.6) is 0 Å². The van der Waals surface area contributed by atoms with E-state index in [4.69, 9.17) is 0 Å². The van der Waals surface area contributed by atoms with E-state index in [-0.39, 0.29) is 34.5 Å². The molecule has 0 aliphatic carbocycles. The Balaban J connectivity index is 1.41. The summed E-state index contributed by atoms with van der Waals surface area (Å²) in [6.45, 7) is 1.71. The van der Waals surface area contributed by atoms with Gasteiger partial charge in [-0.1, -0.05) is 0 Å². The first-order chi connectivity index (χ1) is 13.9. The van der Waals surface area contributed by atoms with Crippen molar-refractivity contribution >= 4 is 23.6 Å². The lowest BCUT2D eigenvalue weighted by atomic mass is 9.96. The Kier molecular flexibility index (Phi) is 7.09. The standard InChI is InChI=1S/C21H24FN3O3S/c1-24-10-2-3-18(20(24)27)21(28)25-11-8-15(9-12-25)13-23-19(26)14-29-17-6-4-16(22)5-7-17/h2-7,10,15H,8-9,11-14H2,1H3,(H,23,26). The van der Waals surface area contributed by atoms with Gasteiger partial charge in [0, 0.05) is 37.8 Å². The summed E-state index contributed by atoms with van der Waals surface area (Å²) in [7, 11) is 1.63. The van der Waals surface area contributed by atoms with Crippen molar-refractivity contribution in [3.63, 3.8) is 0 Å². The molecule has 1 N–H and O–H groups in total. The van der Waals surface area contributed by atoms with Gasteiger partial charge in [-0.05, 0) is 55.2 Å². The second-order valence-electron chi connectivity index (χ2n) is 7.12. The van der Waals surface area contributed by atoms with Crippen molar-refractivity contribution in [3.05, 3.63) is 64.3 Å². The number of aromatic nitrogens is 1. The number of carbonyl (C=O) groups is 2. The number of carbonyl (C=O) groups excluding carboxylic acids is 2. The zero-order chi connectivity index (χ0) is 20.8. The van der Waals surface area contributed by atoms with Crippen molar-refractivity contribution in [3.8, 4) is 0 Å². The highest BCUT2D eigenvalue weighted by Gasteiger charge is 2.25. The lowest BCUT2D eigenvalue weighted by Crippen LogP contribution is -2.43. The molecule has 0 radical (unpaired) electrons. The van der Waals surface area contributed by atoms with Crippen LogP contribution >= 0.6 is 11.8 Å². The van der Waals surface area contributed by atoms with Crippen molar-refractivity contribution in [1.82, 2.24) is 14.8 Å². The number of pyridine rings is 1. The van der Waals surface area contributed by atoms with E-state index in [1.807, 2.05) is 0 Å². The number of hydrogen-bond donors (Lipinski definition) is 1. The molecule has 0 atom stereocenters. The highest BCUT2D eigenvalue weighted by atomic mass is 32.2. The van der Waals surface area contributed by atoms with Crippen LogP contribution in [-0.2, 0) is 11.8 Å². The van der Waals surface area contributed by atoms with Gasteiger partial charge in [0.2, 0.25) is 5.91 Å². The molecular weight excluding hydrogens is 393 g/mol. The average molecular weight is 418 g/mol. The summed E-state index contributed by atoms with van der Waals surface area (Å²) in [6.07, 6.45) is 3.19. The number of rotatable bonds is 6. The van der Waals surface area contributed by atoms with Crippen LogP contribution in [0.15, 0.2) is 52.3 Å². The molecule has 3 rings (SSSR count). The molecule has 0 spiro atoms. The number of nitrogens with one attached hydrogen (secondary N) is 1. The van der Waals surface area contributed by atoms with E-state index < -0.39 is 0 Å². The number of aryl methyl sites for hydroxylation is 1. The molecule has 1 saturated heterocycles. The summed E-state index contributed by atoms with van der Waals surface area (Å²) in [5.74, 6) is -0.0102. The van der Waals surface area contributed by atoms with Crippen LogP contribution in [0.4, 0.5) is 4.39 Å². The molecule has 1 aliphatic heterocycles. The van der Waals surface area contributed by atoms with E-state index in [9.17, 15) is 18.8 Å². The van der Waals surface area contributed by atoms with Gasteiger partial charge in [0.15, 0.2) is 0 Å². The third kappa shape index (κ3) is 5.69. The maximum absolute atomic E-state index is 12.9. The third-order valence-corrected chi connectivity index (χ3v) is 6.04. The minimum Gasteiger partial charge on any atom is -0.355 e. The van der Waals surface area contributed by atoms with Crippen LogP contribution < -0.4 is 10.9 Å². The first kappa shape index (κ1) is 21.1. The summed E-state index contributed by atoms with van der Waals surface area (Å²) in [5.41, 5.74) is -0.0925. The molecule has 0 saturated carbocycles. The van der Waals surface area contributed by atoms with Gasteiger partial charge >= 0.3 is 0 Å². The van der Waals surface area contributed by atoms with E-state index >= 15 is 0 Å². The van der Waals surface area contributed by atoms with Crippen molar-refractivity contribution < 1.29 is 14.0 Å². The fraction of sp³-hybridized carbons (Fsp3) is 0.381. The van der Waals surface area contributed by atoms with Crippen LogP contribution in [0.1, 0.15) is 23.2 Å².